The molecule has 0 aliphatic carbocycles. The van der Waals surface area contributed by atoms with Crippen LogP contribution in [0.15, 0.2) is 47.6 Å². The van der Waals surface area contributed by atoms with Crippen LogP contribution in [0.2, 0.25) is 0 Å². The van der Waals surface area contributed by atoms with Crippen molar-refractivity contribution in [2.75, 3.05) is 6.54 Å². The molecule has 1 aromatic heterocycles. The highest BCUT2D eigenvalue weighted by atomic mass is 32.2. The highest BCUT2D eigenvalue weighted by Crippen LogP contribution is 2.31. The van der Waals surface area contributed by atoms with Crippen LogP contribution in [0.1, 0.15) is 35.7 Å². The SMILES string of the molecule is Cc1ccc(S(=O)(=O)n2ccc(C(=O)N3CCCC3(C)C(=O)O)c2)cc1. The summed E-state index contributed by atoms with van der Waals surface area (Å²) in [5, 5.41) is 9.45. The topological polar surface area (TPSA) is 96.7 Å². The molecule has 1 aliphatic rings. The van der Waals surface area contributed by atoms with Gasteiger partial charge in [0, 0.05) is 18.9 Å². The summed E-state index contributed by atoms with van der Waals surface area (Å²) < 4.78 is 26.3. The zero-order chi connectivity index (χ0) is 19.1. The van der Waals surface area contributed by atoms with Crippen LogP contribution in [0.5, 0.6) is 0 Å². The van der Waals surface area contributed by atoms with Gasteiger partial charge in [-0.3, -0.25) is 4.79 Å². The van der Waals surface area contributed by atoms with Crippen molar-refractivity contribution in [3.05, 3.63) is 53.9 Å². The van der Waals surface area contributed by atoms with E-state index in [0.717, 1.165) is 9.54 Å². The number of aryl methyl sites for hydroxylation is 1. The number of aromatic nitrogens is 1. The molecule has 1 N–H and O–H groups in total. The number of carbonyl (C=O) groups is 2. The molecule has 8 heteroatoms. The summed E-state index contributed by atoms with van der Waals surface area (Å²) >= 11 is 0. The summed E-state index contributed by atoms with van der Waals surface area (Å²) in [5.74, 6) is -1.54. The number of carboxylic acid groups (broad SMARTS) is 1. The molecule has 1 aliphatic heterocycles. The summed E-state index contributed by atoms with van der Waals surface area (Å²) in [4.78, 5) is 25.7. The van der Waals surface area contributed by atoms with Gasteiger partial charge in [-0.2, -0.15) is 0 Å². The van der Waals surface area contributed by atoms with Crippen molar-refractivity contribution in [2.24, 2.45) is 0 Å². The second kappa shape index (κ2) is 6.28. The van der Waals surface area contributed by atoms with Crippen LogP contribution in [0.25, 0.3) is 0 Å². The summed E-state index contributed by atoms with van der Waals surface area (Å²) in [6.07, 6.45) is 3.50. The first kappa shape index (κ1) is 18.2. The molecule has 1 aromatic carbocycles. The molecule has 7 nitrogen and oxygen atoms in total. The molecular formula is C18H20N2O5S. The third-order valence-corrected chi connectivity index (χ3v) is 6.51. The normalized spacial score (nSPS) is 20.3. The van der Waals surface area contributed by atoms with E-state index in [2.05, 4.69) is 0 Å². The van der Waals surface area contributed by atoms with Crippen molar-refractivity contribution in [1.29, 1.82) is 0 Å². The molecule has 1 fully saturated rings. The number of carbonyl (C=O) groups excluding carboxylic acids is 1. The van der Waals surface area contributed by atoms with Crippen LogP contribution in [0.3, 0.4) is 0 Å². The average molecular weight is 376 g/mol. The van der Waals surface area contributed by atoms with E-state index in [1.54, 1.807) is 12.1 Å². The van der Waals surface area contributed by atoms with Gasteiger partial charge in [0.2, 0.25) is 0 Å². The van der Waals surface area contributed by atoms with Gasteiger partial charge in [0.1, 0.15) is 5.54 Å². The van der Waals surface area contributed by atoms with Gasteiger partial charge in [-0.25, -0.2) is 17.2 Å². The van der Waals surface area contributed by atoms with Gasteiger partial charge in [0.25, 0.3) is 15.9 Å². The molecule has 26 heavy (non-hydrogen) atoms. The van der Waals surface area contributed by atoms with Crippen molar-refractivity contribution in [1.82, 2.24) is 8.87 Å². The van der Waals surface area contributed by atoms with E-state index >= 15 is 0 Å². The van der Waals surface area contributed by atoms with E-state index in [9.17, 15) is 23.1 Å². The minimum Gasteiger partial charge on any atom is -0.480 e. The fourth-order valence-electron chi connectivity index (χ4n) is 3.15. The van der Waals surface area contributed by atoms with Crippen LogP contribution in [0.4, 0.5) is 0 Å². The molecule has 0 saturated carbocycles. The molecule has 1 saturated heterocycles. The molecular weight excluding hydrogens is 356 g/mol. The van der Waals surface area contributed by atoms with Crippen LogP contribution in [0, 0.1) is 6.92 Å². The van der Waals surface area contributed by atoms with E-state index in [-0.39, 0.29) is 10.5 Å². The van der Waals surface area contributed by atoms with Crippen LogP contribution in [-0.4, -0.2) is 46.4 Å². The molecule has 1 atom stereocenters. The number of rotatable bonds is 4. The molecule has 2 aromatic rings. The number of carboxylic acids is 1. The number of hydrogen-bond donors (Lipinski definition) is 1. The largest absolute Gasteiger partial charge is 0.480 e. The maximum Gasteiger partial charge on any atom is 0.329 e. The molecule has 0 radical (unpaired) electrons. The lowest BCUT2D eigenvalue weighted by molar-refractivity contribution is -0.147. The van der Waals surface area contributed by atoms with Gasteiger partial charge < -0.3 is 10.0 Å². The lowest BCUT2D eigenvalue weighted by Crippen LogP contribution is -2.50. The fourth-order valence-corrected chi connectivity index (χ4v) is 4.35. The minimum absolute atomic E-state index is 0.120. The Kier molecular flexibility index (Phi) is 4.39. The Hall–Kier alpha value is -2.61. The van der Waals surface area contributed by atoms with Gasteiger partial charge in [-0.15, -0.1) is 0 Å². The molecule has 2 heterocycles. The van der Waals surface area contributed by atoms with E-state index in [4.69, 9.17) is 0 Å². The Balaban J connectivity index is 1.91. The number of nitrogens with zero attached hydrogens (tertiary/aromatic N) is 2. The number of benzene rings is 1. The fraction of sp³-hybridized carbons (Fsp3) is 0.333. The van der Waals surface area contributed by atoms with Gasteiger partial charge in [-0.05, 0) is 44.9 Å². The zero-order valence-electron chi connectivity index (χ0n) is 14.5. The molecule has 0 bridgehead atoms. The van der Waals surface area contributed by atoms with Crippen molar-refractivity contribution in [3.63, 3.8) is 0 Å². The summed E-state index contributed by atoms with van der Waals surface area (Å²) in [6.45, 7) is 3.70. The van der Waals surface area contributed by atoms with E-state index in [1.165, 1.54) is 42.4 Å². The third-order valence-electron chi connectivity index (χ3n) is 4.86. The second-order valence-corrected chi connectivity index (χ2v) is 8.53. The Labute approximate surface area is 151 Å². The van der Waals surface area contributed by atoms with E-state index < -0.39 is 27.4 Å². The molecule has 0 spiro atoms. The standard InChI is InChI=1S/C18H20N2O5S/c1-13-4-6-15(7-5-13)26(24,25)19-11-8-14(12-19)16(21)20-10-3-9-18(20,2)17(22)23/h4-8,11-12H,3,9-10H2,1-2H3,(H,22,23). The first-order valence-corrected chi connectivity index (χ1v) is 9.66. The Bertz CT molecular complexity index is 962. The average Bonchev–Trinajstić information content (AvgIpc) is 3.22. The zero-order valence-corrected chi connectivity index (χ0v) is 15.4. The molecule has 3 rings (SSSR count). The first-order valence-electron chi connectivity index (χ1n) is 8.22. The second-order valence-electron chi connectivity index (χ2n) is 6.69. The highest BCUT2D eigenvalue weighted by Gasteiger charge is 2.46. The predicted octanol–water partition coefficient (Wildman–Crippen LogP) is 2.11. The van der Waals surface area contributed by atoms with Crippen molar-refractivity contribution >= 4 is 21.9 Å². The first-order chi connectivity index (χ1) is 12.2. The highest BCUT2D eigenvalue weighted by molar-refractivity contribution is 7.90. The number of aliphatic carboxylic acids is 1. The number of amides is 1. The molecule has 1 amide bonds. The van der Waals surface area contributed by atoms with Crippen molar-refractivity contribution in [2.45, 2.75) is 37.1 Å². The van der Waals surface area contributed by atoms with Gasteiger partial charge in [-0.1, -0.05) is 17.7 Å². The minimum atomic E-state index is -3.81. The van der Waals surface area contributed by atoms with Crippen LogP contribution < -0.4 is 0 Å². The Morgan fingerprint density at radius 2 is 1.81 bits per heavy atom. The predicted molar refractivity (Wildman–Crippen MR) is 94.5 cm³/mol. The lowest BCUT2D eigenvalue weighted by Gasteiger charge is -2.30. The Morgan fingerprint density at radius 1 is 1.15 bits per heavy atom. The number of hydrogen-bond acceptors (Lipinski definition) is 4. The molecule has 138 valence electrons. The quantitative estimate of drug-likeness (QED) is 0.882. The maximum absolute atomic E-state index is 12.7. The monoisotopic (exact) mass is 376 g/mol. The maximum atomic E-state index is 12.7. The van der Waals surface area contributed by atoms with Crippen LogP contribution in [-0.2, 0) is 14.8 Å². The van der Waals surface area contributed by atoms with Crippen molar-refractivity contribution in [3.8, 4) is 0 Å². The van der Waals surface area contributed by atoms with Crippen molar-refractivity contribution < 1.29 is 23.1 Å². The summed E-state index contributed by atoms with van der Waals surface area (Å²) in [5.41, 5.74) is -0.181. The lowest BCUT2D eigenvalue weighted by atomic mass is 9.99. The summed E-state index contributed by atoms with van der Waals surface area (Å²) in [7, 11) is -3.81. The van der Waals surface area contributed by atoms with Gasteiger partial charge >= 0.3 is 5.97 Å². The van der Waals surface area contributed by atoms with Gasteiger partial charge in [0.15, 0.2) is 0 Å². The Morgan fingerprint density at radius 3 is 2.42 bits per heavy atom. The third kappa shape index (κ3) is 2.90. The summed E-state index contributed by atoms with van der Waals surface area (Å²) in [6, 6.07) is 7.81. The van der Waals surface area contributed by atoms with Gasteiger partial charge in [0.05, 0.1) is 10.5 Å². The smallest absolute Gasteiger partial charge is 0.329 e. The molecule has 1 unspecified atom stereocenters. The van der Waals surface area contributed by atoms with Crippen LogP contribution >= 0.6 is 0 Å². The van der Waals surface area contributed by atoms with E-state index in [1.807, 2.05) is 6.92 Å². The van der Waals surface area contributed by atoms with E-state index in [0.29, 0.717) is 19.4 Å². The number of likely N-dealkylation sites (tertiary alicyclic amines) is 1.